The fourth-order valence-corrected chi connectivity index (χ4v) is 0.781. The lowest BCUT2D eigenvalue weighted by Gasteiger charge is -1.81. The van der Waals surface area contributed by atoms with Crippen LogP contribution in [0.3, 0.4) is 0 Å². The highest BCUT2D eigenvalue weighted by atomic mass is 35.5. The quantitative estimate of drug-likeness (QED) is 0.458. The van der Waals surface area contributed by atoms with Gasteiger partial charge in [-0.25, -0.2) is 8.78 Å². The van der Waals surface area contributed by atoms with Gasteiger partial charge in [-0.15, -0.1) is 23.2 Å². The summed E-state index contributed by atoms with van der Waals surface area (Å²) in [5, 5.41) is -2.26. The van der Waals surface area contributed by atoms with Crippen LogP contribution in [0.1, 0.15) is 0 Å². The average molecular weight is 147 g/mol. The van der Waals surface area contributed by atoms with Gasteiger partial charge < -0.3 is 0 Å². The van der Waals surface area contributed by atoms with Gasteiger partial charge in [0.05, 0.1) is 0 Å². The average Bonchev–Trinajstić information content (AvgIpc) is 1.91. The maximum absolute atomic E-state index is 11.7. The lowest BCUT2D eigenvalue weighted by atomic mass is 10.8. The zero-order valence-electron chi connectivity index (χ0n) is 3.17. The van der Waals surface area contributed by atoms with Gasteiger partial charge in [0.1, 0.15) is 10.8 Å². The van der Waals surface area contributed by atoms with Crippen LogP contribution in [0.25, 0.3) is 0 Å². The van der Waals surface area contributed by atoms with Crippen molar-refractivity contribution in [3.05, 3.63) is 0 Å². The molecule has 0 aromatic carbocycles. The lowest BCUT2D eigenvalue weighted by molar-refractivity contribution is 0.123. The minimum atomic E-state index is -2.80. The number of rotatable bonds is 0. The summed E-state index contributed by atoms with van der Waals surface area (Å²) in [6.45, 7) is 0. The summed E-state index contributed by atoms with van der Waals surface area (Å²) < 4.78 is 23.3. The molecular weight excluding hydrogens is 145 g/mol. The van der Waals surface area contributed by atoms with E-state index >= 15 is 0 Å². The van der Waals surface area contributed by atoms with Crippen molar-refractivity contribution >= 4 is 23.2 Å². The molecule has 0 bridgehead atoms. The molecule has 0 radical (unpaired) electrons. The van der Waals surface area contributed by atoms with Crippen LogP contribution in [0.5, 0.6) is 0 Å². The summed E-state index contributed by atoms with van der Waals surface area (Å²) in [4.78, 5) is 0. The highest BCUT2D eigenvalue weighted by molar-refractivity contribution is 6.35. The minimum absolute atomic E-state index is 1.13. The molecule has 0 amide bonds. The Morgan fingerprint density at radius 1 is 1.14 bits per heavy atom. The van der Waals surface area contributed by atoms with Crippen molar-refractivity contribution in [3.8, 4) is 0 Å². The molecule has 2 atom stereocenters. The maximum Gasteiger partial charge on any atom is 0.283 e. The third-order valence-electron chi connectivity index (χ3n) is 0.883. The van der Waals surface area contributed by atoms with Crippen molar-refractivity contribution in [2.75, 3.05) is 0 Å². The number of hydrogen-bond donors (Lipinski definition) is 0. The predicted octanol–water partition coefficient (Wildman–Crippen LogP) is 1.85. The van der Waals surface area contributed by atoms with Crippen LogP contribution >= 0.6 is 23.2 Å². The standard InChI is InChI=1S/C3H2Cl2F2/c4-1-2(5)3(1,6)7/h1-2H/t1-,2+. The molecule has 7 heavy (non-hydrogen) atoms. The van der Waals surface area contributed by atoms with Gasteiger partial charge >= 0.3 is 0 Å². The van der Waals surface area contributed by atoms with E-state index in [1.54, 1.807) is 0 Å². The second kappa shape index (κ2) is 1.23. The zero-order chi connectivity index (χ0) is 5.65. The smallest absolute Gasteiger partial charge is 0.203 e. The van der Waals surface area contributed by atoms with Crippen molar-refractivity contribution in [1.82, 2.24) is 0 Å². The first kappa shape index (κ1) is 5.57. The molecular formula is C3H2Cl2F2. The van der Waals surface area contributed by atoms with E-state index in [4.69, 9.17) is 23.2 Å². The molecule has 1 aliphatic carbocycles. The van der Waals surface area contributed by atoms with E-state index in [1.165, 1.54) is 0 Å². The third kappa shape index (κ3) is 0.609. The molecule has 1 saturated carbocycles. The Hall–Kier alpha value is 0.440. The number of alkyl halides is 4. The summed E-state index contributed by atoms with van der Waals surface area (Å²) in [5.74, 6) is -2.80. The van der Waals surface area contributed by atoms with E-state index in [1.807, 2.05) is 0 Å². The fourth-order valence-electron chi connectivity index (χ4n) is 0.255. The molecule has 0 unspecified atom stereocenters. The van der Waals surface area contributed by atoms with Crippen LogP contribution in [0, 0.1) is 0 Å². The number of halogens is 4. The van der Waals surface area contributed by atoms with Crippen molar-refractivity contribution in [3.63, 3.8) is 0 Å². The molecule has 1 rings (SSSR count). The first-order valence-electron chi connectivity index (χ1n) is 1.73. The molecule has 1 aliphatic rings. The Morgan fingerprint density at radius 2 is 1.29 bits per heavy atom. The highest BCUT2D eigenvalue weighted by Crippen LogP contribution is 2.50. The van der Waals surface area contributed by atoms with E-state index in [0.717, 1.165) is 0 Å². The second-order valence-electron chi connectivity index (χ2n) is 1.48. The zero-order valence-corrected chi connectivity index (χ0v) is 4.68. The first-order valence-corrected chi connectivity index (χ1v) is 2.60. The third-order valence-corrected chi connectivity index (χ3v) is 2.10. The molecule has 0 saturated heterocycles. The summed E-state index contributed by atoms with van der Waals surface area (Å²) >= 11 is 9.89. The van der Waals surface area contributed by atoms with E-state index in [9.17, 15) is 8.78 Å². The molecule has 0 aromatic heterocycles. The summed E-state index contributed by atoms with van der Waals surface area (Å²) in [6.07, 6.45) is 0. The van der Waals surface area contributed by atoms with Crippen molar-refractivity contribution in [1.29, 1.82) is 0 Å². The van der Waals surface area contributed by atoms with Gasteiger partial charge in [0.2, 0.25) is 0 Å². The van der Waals surface area contributed by atoms with Crippen molar-refractivity contribution < 1.29 is 8.78 Å². The summed E-state index contributed by atoms with van der Waals surface area (Å²) in [5.41, 5.74) is 0. The van der Waals surface area contributed by atoms with Gasteiger partial charge in [-0.3, -0.25) is 0 Å². The Labute approximate surface area is 49.4 Å². The summed E-state index contributed by atoms with van der Waals surface area (Å²) in [6, 6.07) is 0. The maximum atomic E-state index is 11.7. The largest absolute Gasteiger partial charge is 0.283 e. The van der Waals surface area contributed by atoms with Gasteiger partial charge in [-0.1, -0.05) is 0 Å². The highest BCUT2D eigenvalue weighted by Gasteiger charge is 2.67. The van der Waals surface area contributed by atoms with Gasteiger partial charge in [-0.05, 0) is 0 Å². The fraction of sp³-hybridized carbons (Fsp3) is 1.00. The van der Waals surface area contributed by atoms with E-state index in [-0.39, 0.29) is 0 Å². The van der Waals surface area contributed by atoms with Crippen LogP contribution in [-0.2, 0) is 0 Å². The summed E-state index contributed by atoms with van der Waals surface area (Å²) in [7, 11) is 0. The predicted molar refractivity (Wildman–Crippen MR) is 24.2 cm³/mol. The monoisotopic (exact) mass is 146 g/mol. The van der Waals surface area contributed by atoms with Crippen LogP contribution < -0.4 is 0 Å². The van der Waals surface area contributed by atoms with Gasteiger partial charge in [0.25, 0.3) is 5.92 Å². The molecule has 42 valence electrons. The molecule has 4 heteroatoms. The Bertz CT molecular complexity index is 82.9. The second-order valence-corrected chi connectivity index (χ2v) is 2.42. The molecule has 0 heterocycles. The Balaban J connectivity index is 2.52. The van der Waals surface area contributed by atoms with Crippen LogP contribution in [-0.4, -0.2) is 16.7 Å². The molecule has 1 fully saturated rings. The Morgan fingerprint density at radius 3 is 1.29 bits per heavy atom. The van der Waals surface area contributed by atoms with Crippen molar-refractivity contribution in [2.24, 2.45) is 0 Å². The SMILES string of the molecule is FC1(F)[C@H](Cl)[C@@H]1Cl. The molecule has 0 aliphatic heterocycles. The van der Waals surface area contributed by atoms with Gasteiger partial charge in [0.15, 0.2) is 0 Å². The molecule has 0 aromatic rings. The lowest BCUT2D eigenvalue weighted by Crippen LogP contribution is -1.92. The minimum Gasteiger partial charge on any atom is -0.203 e. The van der Waals surface area contributed by atoms with E-state index in [0.29, 0.717) is 0 Å². The molecule has 0 N–H and O–H groups in total. The van der Waals surface area contributed by atoms with Crippen LogP contribution in [0.4, 0.5) is 8.78 Å². The van der Waals surface area contributed by atoms with Crippen LogP contribution in [0.15, 0.2) is 0 Å². The van der Waals surface area contributed by atoms with E-state index in [2.05, 4.69) is 0 Å². The van der Waals surface area contributed by atoms with Gasteiger partial charge in [-0.2, -0.15) is 0 Å². The van der Waals surface area contributed by atoms with Crippen molar-refractivity contribution in [2.45, 2.75) is 16.7 Å². The van der Waals surface area contributed by atoms with Crippen LogP contribution in [0.2, 0.25) is 0 Å². The first-order chi connectivity index (χ1) is 3.07. The van der Waals surface area contributed by atoms with E-state index < -0.39 is 16.7 Å². The Kier molecular flexibility index (Phi) is 0.981. The van der Waals surface area contributed by atoms with Gasteiger partial charge in [0, 0.05) is 0 Å². The normalized spacial score (nSPS) is 46.3. The number of hydrogen-bond acceptors (Lipinski definition) is 0. The molecule has 0 spiro atoms. The molecule has 0 nitrogen and oxygen atoms in total. The topological polar surface area (TPSA) is 0 Å².